The van der Waals surface area contributed by atoms with E-state index in [2.05, 4.69) is 19.0 Å². The van der Waals surface area contributed by atoms with Crippen molar-refractivity contribution in [2.75, 3.05) is 27.8 Å². The van der Waals surface area contributed by atoms with Crippen LogP contribution in [0.25, 0.3) is 0 Å². The van der Waals surface area contributed by atoms with Gasteiger partial charge in [-0.25, -0.2) is 0 Å². The van der Waals surface area contributed by atoms with Gasteiger partial charge in [0.15, 0.2) is 0 Å². The third-order valence-corrected chi connectivity index (χ3v) is 2.91. The minimum absolute atomic E-state index is 0.749. The first-order valence-corrected chi connectivity index (χ1v) is 6.91. The van der Waals surface area contributed by atoms with E-state index in [4.69, 9.17) is 4.74 Å². The summed E-state index contributed by atoms with van der Waals surface area (Å²) in [6, 6.07) is 0.749. The Balaban J connectivity index is 0. The summed E-state index contributed by atoms with van der Waals surface area (Å²) in [4.78, 5) is 2.35. The van der Waals surface area contributed by atoms with Gasteiger partial charge in [0.1, 0.15) is 0 Å². The Morgan fingerprint density at radius 2 is 1.50 bits per heavy atom. The molecule has 0 spiro atoms. The van der Waals surface area contributed by atoms with Crippen molar-refractivity contribution in [2.45, 2.75) is 59.4 Å². The van der Waals surface area contributed by atoms with Gasteiger partial charge in [-0.1, -0.05) is 40.5 Å². The normalized spacial score (nSPS) is 24.0. The summed E-state index contributed by atoms with van der Waals surface area (Å²) >= 11 is 0. The van der Waals surface area contributed by atoms with Crippen LogP contribution in [0.2, 0.25) is 0 Å². The van der Waals surface area contributed by atoms with E-state index >= 15 is 0 Å². The van der Waals surface area contributed by atoms with E-state index in [0.717, 1.165) is 18.6 Å². The molecule has 2 atom stereocenters. The van der Waals surface area contributed by atoms with E-state index < -0.39 is 0 Å². The Morgan fingerprint density at radius 3 is 1.94 bits per heavy atom. The first-order valence-electron chi connectivity index (χ1n) is 6.91. The zero-order valence-electron chi connectivity index (χ0n) is 12.5. The number of rotatable bonds is 3. The molecule has 2 heteroatoms. The van der Waals surface area contributed by atoms with Gasteiger partial charge in [0, 0.05) is 13.2 Å². The van der Waals surface area contributed by atoms with Crippen molar-refractivity contribution in [1.29, 1.82) is 0 Å². The molecule has 2 unspecified atom stereocenters. The lowest BCUT2D eigenvalue weighted by Gasteiger charge is -2.35. The lowest BCUT2D eigenvalue weighted by Crippen LogP contribution is -2.39. The number of hydrogen-bond donors (Lipinski definition) is 0. The van der Waals surface area contributed by atoms with Crippen LogP contribution in [0, 0.1) is 5.92 Å². The van der Waals surface area contributed by atoms with Crippen LogP contribution in [0.4, 0.5) is 0 Å². The fraction of sp³-hybridized carbons (Fsp3) is 1.00. The molecule has 0 aromatic carbocycles. The molecule has 1 aliphatic rings. The Kier molecular flexibility index (Phi) is 14.8. The average Bonchev–Trinajstić information content (AvgIpc) is 2.35. The molecular weight excluding hydrogens is 198 g/mol. The second kappa shape index (κ2) is 13.0. The summed E-state index contributed by atoms with van der Waals surface area (Å²) in [6.07, 6.45) is 5.47. The smallest absolute Gasteiger partial charge is 0.0505 e. The lowest BCUT2D eigenvalue weighted by molar-refractivity contribution is 0.0705. The summed E-state index contributed by atoms with van der Waals surface area (Å²) in [5.74, 6) is 0.763. The molecular formula is C14H33NO. The van der Waals surface area contributed by atoms with Gasteiger partial charge >= 0.3 is 0 Å². The largest absolute Gasteiger partial charge is 0.384 e. The zero-order chi connectivity index (χ0) is 13.0. The number of ether oxygens (including phenoxy) is 1. The molecule has 1 saturated carbocycles. The standard InChI is InChI=1S/C10H21NO.2C2H6/c1-11(2)10-7-5-4-6-9(10)8-12-3;2*1-2/h9-10H,4-8H2,1-3H3;2*1-2H3. The summed E-state index contributed by atoms with van der Waals surface area (Å²) in [6.45, 7) is 8.93. The minimum Gasteiger partial charge on any atom is -0.384 e. The monoisotopic (exact) mass is 231 g/mol. The van der Waals surface area contributed by atoms with Crippen LogP contribution in [-0.2, 0) is 4.74 Å². The van der Waals surface area contributed by atoms with Crippen LogP contribution in [-0.4, -0.2) is 38.8 Å². The van der Waals surface area contributed by atoms with E-state index in [-0.39, 0.29) is 0 Å². The second-order valence-electron chi connectivity index (χ2n) is 4.03. The van der Waals surface area contributed by atoms with E-state index in [1.54, 1.807) is 7.11 Å². The molecule has 0 aliphatic heterocycles. The van der Waals surface area contributed by atoms with Crippen molar-refractivity contribution in [2.24, 2.45) is 5.92 Å². The molecule has 0 bridgehead atoms. The maximum Gasteiger partial charge on any atom is 0.0505 e. The summed E-state index contributed by atoms with van der Waals surface area (Å²) in [7, 11) is 6.17. The van der Waals surface area contributed by atoms with E-state index in [9.17, 15) is 0 Å². The Hall–Kier alpha value is -0.0800. The second-order valence-corrected chi connectivity index (χ2v) is 4.03. The average molecular weight is 231 g/mol. The SMILES string of the molecule is CC.CC.COCC1CCCCC1N(C)C. The van der Waals surface area contributed by atoms with Crippen LogP contribution in [0.5, 0.6) is 0 Å². The first-order chi connectivity index (χ1) is 7.75. The Labute approximate surface area is 103 Å². The van der Waals surface area contributed by atoms with Crippen molar-refractivity contribution in [1.82, 2.24) is 4.90 Å². The van der Waals surface area contributed by atoms with Crippen LogP contribution in [0.15, 0.2) is 0 Å². The van der Waals surface area contributed by atoms with E-state index in [0.29, 0.717) is 0 Å². The molecule has 0 saturated heterocycles. The number of methoxy groups -OCH3 is 1. The highest BCUT2D eigenvalue weighted by Gasteiger charge is 2.26. The molecule has 2 nitrogen and oxygen atoms in total. The molecule has 1 fully saturated rings. The molecule has 100 valence electrons. The van der Waals surface area contributed by atoms with Gasteiger partial charge in [0.25, 0.3) is 0 Å². The van der Waals surface area contributed by atoms with Crippen molar-refractivity contribution in [3.05, 3.63) is 0 Å². The van der Waals surface area contributed by atoms with Gasteiger partial charge in [-0.2, -0.15) is 0 Å². The van der Waals surface area contributed by atoms with Gasteiger partial charge in [-0.05, 0) is 32.9 Å². The Morgan fingerprint density at radius 1 is 1.00 bits per heavy atom. The maximum absolute atomic E-state index is 5.24. The molecule has 0 radical (unpaired) electrons. The van der Waals surface area contributed by atoms with Crippen molar-refractivity contribution in [3.63, 3.8) is 0 Å². The molecule has 0 heterocycles. The number of nitrogens with zero attached hydrogens (tertiary/aromatic N) is 1. The van der Waals surface area contributed by atoms with Crippen molar-refractivity contribution < 1.29 is 4.74 Å². The lowest BCUT2D eigenvalue weighted by atomic mass is 9.84. The van der Waals surface area contributed by atoms with Gasteiger partial charge in [-0.3, -0.25) is 0 Å². The van der Waals surface area contributed by atoms with Crippen molar-refractivity contribution in [3.8, 4) is 0 Å². The molecule has 0 amide bonds. The topological polar surface area (TPSA) is 12.5 Å². The predicted molar refractivity (Wildman–Crippen MR) is 74.0 cm³/mol. The predicted octanol–water partition coefficient (Wildman–Crippen LogP) is 3.81. The minimum atomic E-state index is 0.749. The van der Waals surface area contributed by atoms with Gasteiger partial charge in [-0.15, -0.1) is 0 Å². The van der Waals surface area contributed by atoms with E-state index in [1.807, 2.05) is 27.7 Å². The zero-order valence-corrected chi connectivity index (χ0v) is 12.5. The first kappa shape index (κ1) is 18.3. The van der Waals surface area contributed by atoms with Gasteiger partial charge < -0.3 is 9.64 Å². The highest BCUT2D eigenvalue weighted by molar-refractivity contribution is 4.80. The molecule has 1 aliphatic carbocycles. The quantitative estimate of drug-likeness (QED) is 0.732. The van der Waals surface area contributed by atoms with Gasteiger partial charge in [0.05, 0.1) is 6.61 Å². The summed E-state index contributed by atoms with van der Waals surface area (Å²) in [5, 5.41) is 0. The van der Waals surface area contributed by atoms with Crippen molar-refractivity contribution >= 4 is 0 Å². The van der Waals surface area contributed by atoms with Gasteiger partial charge in [0.2, 0.25) is 0 Å². The molecule has 1 rings (SSSR count). The molecule has 0 N–H and O–H groups in total. The van der Waals surface area contributed by atoms with Crippen LogP contribution >= 0.6 is 0 Å². The van der Waals surface area contributed by atoms with E-state index in [1.165, 1.54) is 25.7 Å². The van der Waals surface area contributed by atoms with Crippen LogP contribution < -0.4 is 0 Å². The number of hydrogen-bond acceptors (Lipinski definition) is 2. The highest BCUT2D eigenvalue weighted by atomic mass is 16.5. The van der Waals surface area contributed by atoms with Crippen LogP contribution in [0.1, 0.15) is 53.4 Å². The highest BCUT2D eigenvalue weighted by Crippen LogP contribution is 2.27. The third-order valence-electron chi connectivity index (χ3n) is 2.91. The molecule has 0 aromatic heterocycles. The Bertz CT molecular complexity index is 124. The maximum atomic E-state index is 5.24. The summed E-state index contributed by atoms with van der Waals surface area (Å²) in [5.41, 5.74) is 0. The third kappa shape index (κ3) is 7.24. The van der Waals surface area contributed by atoms with Crippen LogP contribution in [0.3, 0.4) is 0 Å². The molecule has 0 aromatic rings. The fourth-order valence-electron chi connectivity index (χ4n) is 2.28. The fourth-order valence-corrected chi connectivity index (χ4v) is 2.28. The summed E-state index contributed by atoms with van der Waals surface area (Å²) < 4.78 is 5.24. The molecule has 16 heavy (non-hydrogen) atoms.